The van der Waals surface area contributed by atoms with Crippen LogP contribution in [0.15, 0.2) is 4.47 Å². The summed E-state index contributed by atoms with van der Waals surface area (Å²) in [7, 11) is 0. The van der Waals surface area contributed by atoms with Gasteiger partial charge in [0.2, 0.25) is 0 Å². The van der Waals surface area contributed by atoms with E-state index in [0.29, 0.717) is 33.5 Å². The van der Waals surface area contributed by atoms with Gasteiger partial charge in [-0.3, -0.25) is 0 Å². The number of halogens is 3. The third-order valence-electron chi connectivity index (χ3n) is 6.53. The van der Waals surface area contributed by atoms with Crippen LogP contribution >= 0.6 is 15.9 Å². The average Bonchev–Trinajstić information content (AvgIpc) is 2.64. The number of hydrogen-bond acceptors (Lipinski definition) is 0. The van der Waals surface area contributed by atoms with Gasteiger partial charge in [-0.05, 0) is 68.4 Å². The van der Waals surface area contributed by atoms with Crippen molar-refractivity contribution in [2.45, 2.75) is 78.1 Å². The number of benzene rings is 1. The maximum Gasteiger partial charge on any atom is 0.133 e. The van der Waals surface area contributed by atoms with Crippen molar-refractivity contribution in [1.82, 2.24) is 0 Å². The van der Waals surface area contributed by atoms with Crippen molar-refractivity contribution >= 4 is 15.9 Å². The molecule has 2 aliphatic rings. The molecule has 26 heavy (non-hydrogen) atoms. The molecular formula is C22H30BrF2Y-. The first-order chi connectivity index (χ1) is 12.0. The van der Waals surface area contributed by atoms with Gasteiger partial charge in [-0.15, -0.1) is 0 Å². The Labute approximate surface area is 191 Å². The Kier molecular flexibility index (Phi) is 9.22. The first-order valence-electron chi connectivity index (χ1n) is 9.91. The molecule has 0 amide bonds. The molecule has 4 heteroatoms. The molecule has 0 bridgehead atoms. The summed E-state index contributed by atoms with van der Waals surface area (Å²) < 4.78 is 29.7. The summed E-state index contributed by atoms with van der Waals surface area (Å²) in [6, 6.07) is 0. The number of rotatable bonds is 4. The second kappa shape index (κ2) is 10.4. The molecule has 0 atom stereocenters. The molecule has 2 fully saturated rings. The zero-order chi connectivity index (χ0) is 18.0. The molecular weight excluding hydrogens is 471 g/mol. The van der Waals surface area contributed by atoms with E-state index in [0.717, 1.165) is 24.7 Å². The largest absolute Gasteiger partial charge is 0.328 e. The fourth-order valence-corrected chi connectivity index (χ4v) is 5.21. The maximum absolute atomic E-state index is 14.6. The molecule has 0 spiro atoms. The van der Waals surface area contributed by atoms with Crippen LogP contribution in [0.25, 0.3) is 0 Å². The molecule has 0 aromatic heterocycles. The Balaban J connectivity index is 0.00000243. The molecule has 1 radical (unpaired) electrons. The first kappa shape index (κ1) is 22.9. The Bertz CT molecular complexity index is 574. The van der Waals surface area contributed by atoms with Gasteiger partial charge < -0.3 is 6.42 Å². The third-order valence-corrected chi connectivity index (χ3v) is 7.72. The van der Waals surface area contributed by atoms with Crippen LogP contribution < -0.4 is 0 Å². The van der Waals surface area contributed by atoms with E-state index in [2.05, 4.69) is 22.4 Å². The maximum atomic E-state index is 14.6. The minimum atomic E-state index is -0.351. The molecule has 0 heterocycles. The van der Waals surface area contributed by atoms with E-state index in [1.165, 1.54) is 44.9 Å². The minimum absolute atomic E-state index is 0. The quantitative estimate of drug-likeness (QED) is 0.376. The van der Waals surface area contributed by atoms with E-state index >= 15 is 0 Å². The molecule has 0 unspecified atom stereocenters. The van der Waals surface area contributed by atoms with Gasteiger partial charge in [-0.25, -0.2) is 8.78 Å². The van der Waals surface area contributed by atoms with Crippen molar-refractivity contribution in [2.75, 3.05) is 0 Å². The van der Waals surface area contributed by atoms with E-state index in [9.17, 15) is 8.78 Å². The topological polar surface area (TPSA) is 0 Å². The molecule has 2 saturated carbocycles. The molecule has 0 N–H and O–H groups in total. The van der Waals surface area contributed by atoms with Crippen LogP contribution in [0.3, 0.4) is 0 Å². The summed E-state index contributed by atoms with van der Waals surface area (Å²) in [4.78, 5) is 0. The van der Waals surface area contributed by atoms with Crippen molar-refractivity contribution in [3.05, 3.63) is 39.2 Å². The fraction of sp³-hybridized carbons (Fsp3) is 0.682. The summed E-state index contributed by atoms with van der Waals surface area (Å²) in [5, 5.41) is 0. The summed E-state index contributed by atoms with van der Waals surface area (Å²) in [5.74, 6) is 1.48. The van der Waals surface area contributed by atoms with Gasteiger partial charge in [-0.1, -0.05) is 41.6 Å². The molecule has 2 aliphatic carbocycles. The van der Waals surface area contributed by atoms with Gasteiger partial charge in [0, 0.05) is 42.7 Å². The van der Waals surface area contributed by atoms with Crippen molar-refractivity contribution < 1.29 is 41.5 Å². The Hall–Kier alpha value is 0.664. The molecule has 0 aliphatic heterocycles. The monoisotopic (exact) mass is 500 g/mol. The predicted octanol–water partition coefficient (Wildman–Crippen LogP) is 7.48. The van der Waals surface area contributed by atoms with Crippen LogP contribution in [0.4, 0.5) is 8.78 Å². The van der Waals surface area contributed by atoms with Gasteiger partial charge in [0.05, 0.1) is 0 Å². The van der Waals surface area contributed by atoms with Crippen molar-refractivity contribution in [1.29, 1.82) is 0 Å². The van der Waals surface area contributed by atoms with Gasteiger partial charge >= 0.3 is 0 Å². The van der Waals surface area contributed by atoms with Gasteiger partial charge in [0.15, 0.2) is 0 Å². The molecule has 1 aromatic rings. The molecule has 3 rings (SSSR count). The van der Waals surface area contributed by atoms with E-state index in [4.69, 9.17) is 0 Å². The zero-order valence-electron chi connectivity index (χ0n) is 16.1. The standard InChI is InChI=1S/C22H30BrF2.Y/c1-14-20(23)15(2)22(25)19(21(14)24)13-18-10-8-17(9-11-18)12-16-6-4-3-5-7-16;/h3,16-18H,4-13H2,1-2H3;/q-1;. The van der Waals surface area contributed by atoms with Gasteiger partial charge in [0.1, 0.15) is 11.6 Å². The normalized spacial score (nSPS) is 24.3. The second-order valence-corrected chi connectivity index (χ2v) is 9.10. The molecule has 1 aromatic carbocycles. The van der Waals surface area contributed by atoms with Crippen LogP contribution in [-0.4, -0.2) is 0 Å². The van der Waals surface area contributed by atoms with E-state index in [1.54, 1.807) is 13.8 Å². The smallest absolute Gasteiger partial charge is 0.133 e. The fourth-order valence-electron chi connectivity index (χ4n) is 4.87. The zero-order valence-corrected chi connectivity index (χ0v) is 20.5. The van der Waals surface area contributed by atoms with Gasteiger partial charge in [0.25, 0.3) is 0 Å². The average molecular weight is 501 g/mol. The van der Waals surface area contributed by atoms with Crippen LogP contribution in [0, 0.1) is 49.7 Å². The summed E-state index contributed by atoms with van der Waals surface area (Å²) in [6.07, 6.45) is 14.4. The predicted molar refractivity (Wildman–Crippen MR) is 104 cm³/mol. The third kappa shape index (κ3) is 5.38. The van der Waals surface area contributed by atoms with Crippen LogP contribution in [-0.2, 0) is 39.1 Å². The second-order valence-electron chi connectivity index (χ2n) is 8.31. The number of hydrogen-bond donors (Lipinski definition) is 0. The summed E-state index contributed by atoms with van der Waals surface area (Å²) in [6.45, 7) is 3.46. The Morgan fingerprint density at radius 2 is 1.31 bits per heavy atom. The molecule has 0 nitrogen and oxygen atoms in total. The van der Waals surface area contributed by atoms with Crippen molar-refractivity contribution in [3.8, 4) is 0 Å². The Morgan fingerprint density at radius 3 is 1.85 bits per heavy atom. The van der Waals surface area contributed by atoms with Crippen LogP contribution in [0.2, 0.25) is 0 Å². The summed E-state index contributed by atoms with van der Waals surface area (Å²) >= 11 is 3.31. The van der Waals surface area contributed by atoms with Crippen LogP contribution in [0.5, 0.6) is 0 Å². The SMILES string of the molecule is Cc1c(F)c(CC2CCC(CC3CC[CH-]CC3)CC2)c(F)c(C)c1Br.[Y]. The Morgan fingerprint density at radius 1 is 0.846 bits per heavy atom. The van der Waals surface area contributed by atoms with E-state index in [-0.39, 0.29) is 44.3 Å². The first-order valence-corrected chi connectivity index (χ1v) is 10.7. The molecule has 143 valence electrons. The summed E-state index contributed by atoms with van der Waals surface area (Å²) in [5.41, 5.74) is 1.39. The van der Waals surface area contributed by atoms with Gasteiger partial charge in [-0.2, -0.15) is 12.8 Å². The molecule has 0 saturated heterocycles. The van der Waals surface area contributed by atoms with E-state index < -0.39 is 0 Å². The van der Waals surface area contributed by atoms with E-state index in [1.807, 2.05) is 0 Å². The van der Waals surface area contributed by atoms with Crippen LogP contribution in [0.1, 0.15) is 74.5 Å². The van der Waals surface area contributed by atoms with Crippen molar-refractivity contribution in [2.24, 2.45) is 17.8 Å². The minimum Gasteiger partial charge on any atom is -0.328 e. The van der Waals surface area contributed by atoms with Crippen molar-refractivity contribution in [3.63, 3.8) is 0 Å².